The van der Waals surface area contributed by atoms with E-state index in [2.05, 4.69) is 25.6 Å². The molecule has 37 heavy (non-hydrogen) atoms. The second-order valence-corrected chi connectivity index (χ2v) is 9.87. The van der Waals surface area contributed by atoms with E-state index in [1.807, 2.05) is 79.8 Å². The molecular formula is C29H34N6O2. The Morgan fingerprint density at radius 3 is 2.62 bits per heavy atom. The minimum absolute atomic E-state index is 0.0509. The molecule has 1 aliphatic carbocycles. The molecule has 0 unspecified atom stereocenters. The van der Waals surface area contributed by atoms with Gasteiger partial charge in [0.25, 0.3) is 0 Å². The summed E-state index contributed by atoms with van der Waals surface area (Å²) >= 11 is 0. The summed E-state index contributed by atoms with van der Waals surface area (Å²) in [6.45, 7) is 0.511. The highest BCUT2D eigenvalue weighted by molar-refractivity contribution is 5.89. The summed E-state index contributed by atoms with van der Waals surface area (Å²) < 4.78 is 5.99. The zero-order chi connectivity index (χ0) is 25.6. The molecule has 0 aliphatic heterocycles. The van der Waals surface area contributed by atoms with Crippen molar-refractivity contribution in [2.45, 2.75) is 50.8 Å². The fraction of sp³-hybridized carbons (Fsp3) is 0.345. The first kappa shape index (κ1) is 24.6. The van der Waals surface area contributed by atoms with E-state index in [0.29, 0.717) is 25.0 Å². The van der Waals surface area contributed by atoms with Crippen LogP contribution in [-0.4, -0.2) is 47.0 Å². The van der Waals surface area contributed by atoms with Gasteiger partial charge >= 0.3 is 0 Å². The Morgan fingerprint density at radius 1 is 1.05 bits per heavy atom. The number of nitrogens with one attached hydrogen (secondary N) is 3. The zero-order valence-corrected chi connectivity index (χ0v) is 21.4. The summed E-state index contributed by atoms with van der Waals surface area (Å²) in [7, 11) is 3.93. The van der Waals surface area contributed by atoms with Crippen molar-refractivity contribution in [1.82, 2.24) is 20.3 Å². The van der Waals surface area contributed by atoms with Crippen LogP contribution in [0.5, 0.6) is 5.75 Å². The molecule has 1 saturated carbocycles. The maximum atomic E-state index is 12.9. The predicted octanol–water partition coefficient (Wildman–Crippen LogP) is 4.68. The van der Waals surface area contributed by atoms with Crippen molar-refractivity contribution in [2.24, 2.45) is 0 Å². The minimum Gasteiger partial charge on any atom is -0.489 e. The Kier molecular flexibility index (Phi) is 7.54. The highest BCUT2D eigenvalue weighted by atomic mass is 16.5. The molecule has 0 spiro atoms. The molecule has 2 aromatic carbocycles. The van der Waals surface area contributed by atoms with Gasteiger partial charge in [-0.2, -0.15) is 4.98 Å². The third-order valence-corrected chi connectivity index (χ3v) is 6.86. The lowest BCUT2D eigenvalue weighted by atomic mass is 9.91. The molecule has 1 amide bonds. The summed E-state index contributed by atoms with van der Waals surface area (Å²) in [5.74, 6) is 2.38. The molecule has 2 aromatic heterocycles. The molecule has 0 bridgehead atoms. The van der Waals surface area contributed by atoms with E-state index < -0.39 is 0 Å². The van der Waals surface area contributed by atoms with Crippen LogP contribution in [0.15, 0.2) is 67.0 Å². The van der Waals surface area contributed by atoms with E-state index in [-0.39, 0.29) is 11.9 Å². The Balaban J connectivity index is 1.12. The van der Waals surface area contributed by atoms with E-state index in [1.165, 1.54) is 0 Å². The van der Waals surface area contributed by atoms with E-state index in [1.54, 1.807) is 6.20 Å². The number of fused-ring (bicyclic) bond motifs is 1. The number of hydrogen-bond acceptors (Lipinski definition) is 6. The van der Waals surface area contributed by atoms with Crippen LogP contribution in [-0.2, 0) is 17.8 Å². The zero-order valence-electron chi connectivity index (χ0n) is 21.4. The third-order valence-electron chi connectivity index (χ3n) is 6.86. The standard InChI is InChI=1S/C29H34N6O2/c1-35(2)27-14-15-30-29(34-27)33-23-10-8-22(9-11-23)32-28(36)16-21-18-31-26-13-12-24(17-25(21)26)37-19-20-6-4-3-5-7-20/h3-7,12-15,17-18,22-23,31H,8-11,16,19H2,1-2H3,(H,32,36)(H,30,33,34). The van der Waals surface area contributed by atoms with Crippen molar-refractivity contribution >= 4 is 28.6 Å². The smallest absolute Gasteiger partial charge is 0.224 e. The summed E-state index contributed by atoms with van der Waals surface area (Å²) in [4.78, 5) is 27.0. The Bertz CT molecular complexity index is 1330. The van der Waals surface area contributed by atoms with Crippen molar-refractivity contribution in [3.8, 4) is 5.75 Å². The van der Waals surface area contributed by atoms with E-state index in [4.69, 9.17) is 4.74 Å². The van der Waals surface area contributed by atoms with Crippen molar-refractivity contribution in [3.63, 3.8) is 0 Å². The van der Waals surface area contributed by atoms with Gasteiger partial charge in [-0.25, -0.2) is 4.98 Å². The Hall–Kier alpha value is -4.07. The molecule has 1 fully saturated rings. The number of ether oxygens (including phenoxy) is 1. The van der Waals surface area contributed by atoms with Gasteiger partial charge in [0.15, 0.2) is 0 Å². The van der Waals surface area contributed by atoms with Crippen LogP contribution >= 0.6 is 0 Å². The van der Waals surface area contributed by atoms with Crippen molar-refractivity contribution in [1.29, 1.82) is 0 Å². The fourth-order valence-electron chi connectivity index (χ4n) is 4.82. The molecule has 2 heterocycles. The number of rotatable bonds is 9. The van der Waals surface area contributed by atoms with Crippen LogP contribution < -0.4 is 20.3 Å². The minimum atomic E-state index is 0.0509. The van der Waals surface area contributed by atoms with Gasteiger partial charge in [0.05, 0.1) is 6.42 Å². The topological polar surface area (TPSA) is 95.2 Å². The van der Waals surface area contributed by atoms with Crippen LogP contribution in [0, 0.1) is 0 Å². The van der Waals surface area contributed by atoms with Crippen LogP contribution in [0.4, 0.5) is 11.8 Å². The summed E-state index contributed by atoms with van der Waals surface area (Å²) in [5, 5.41) is 7.72. The van der Waals surface area contributed by atoms with Gasteiger partial charge in [-0.05, 0) is 61.1 Å². The van der Waals surface area contributed by atoms with Gasteiger partial charge in [-0.3, -0.25) is 4.79 Å². The first-order chi connectivity index (χ1) is 18.0. The lowest BCUT2D eigenvalue weighted by Crippen LogP contribution is -2.40. The summed E-state index contributed by atoms with van der Waals surface area (Å²) in [6, 6.07) is 18.5. The Morgan fingerprint density at radius 2 is 1.84 bits per heavy atom. The lowest BCUT2D eigenvalue weighted by Gasteiger charge is -2.29. The molecule has 192 valence electrons. The quantitative estimate of drug-likeness (QED) is 0.310. The number of aromatic nitrogens is 3. The number of H-pyrrole nitrogens is 1. The fourth-order valence-corrected chi connectivity index (χ4v) is 4.82. The molecule has 8 heteroatoms. The number of benzene rings is 2. The number of hydrogen-bond donors (Lipinski definition) is 3. The van der Waals surface area contributed by atoms with Crippen LogP contribution in [0.2, 0.25) is 0 Å². The molecule has 8 nitrogen and oxygen atoms in total. The first-order valence-electron chi connectivity index (χ1n) is 12.9. The van der Waals surface area contributed by atoms with Crippen LogP contribution in [0.1, 0.15) is 36.8 Å². The molecule has 0 radical (unpaired) electrons. The predicted molar refractivity (Wildman–Crippen MR) is 147 cm³/mol. The summed E-state index contributed by atoms with van der Waals surface area (Å²) in [5.41, 5.74) is 3.10. The van der Waals surface area contributed by atoms with Gasteiger partial charge in [0.2, 0.25) is 11.9 Å². The number of aromatic amines is 1. The number of anilines is 2. The van der Waals surface area contributed by atoms with E-state index in [9.17, 15) is 4.79 Å². The van der Waals surface area contributed by atoms with Crippen molar-refractivity contribution < 1.29 is 9.53 Å². The SMILES string of the molecule is CN(C)c1ccnc(NC2CCC(NC(=O)Cc3c[nH]c4ccc(OCc5ccccc5)cc34)CC2)n1. The van der Waals surface area contributed by atoms with Crippen LogP contribution in [0.3, 0.4) is 0 Å². The third kappa shape index (κ3) is 6.39. The average Bonchev–Trinajstić information content (AvgIpc) is 3.31. The number of carbonyl (C=O) groups is 1. The molecule has 1 aliphatic rings. The average molecular weight is 499 g/mol. The van der Waals surface area contributed by atoms with Gasteiger partial charge < -0.3 is 25.3 Å². The second-order valence-electron chi connectivity index (χ2n) is 9.87. The molecule has 0 atom stereocenters. The lowest BCUT2D eigenvalue weighted by molar-refractivity contribution is -0.121. The number of nitrogens with zero attached hydrogens (tertiary/aromatic N) is 3. The van der Waals surface area contributed by atoms with Gasteiger partial charge in [0, 0.05) is 49.5 Å². The summed E-state index contributed by atoms with van der Waals surface area (Å²) in [6.07, 6.45) is 7.84. The number of amides is 1. The largest absolute Gasteiger partial charge is 0.489 e. The normalized spacial score (nSPS) is 17.4. The van der Waals surface area contributed by atoms with Gasteiger partial charge in [-0.1, -0.05) is 30.3 Å². The molecular weight excluding hydrogens is 464 g/mol. The maximum absolute atomic E-state index is 12.9. The highest BCUT2D eigenvalue weighted by Gasteiger charge is 2.23. The molecule has 0 saturated heterocycles. The molecule has 5 rings (SSSR count). The Labute approximate surface area is 217 Å². The van der Waals surface area contributed by atoms with Gasteiger partial charge in [0.1, 0.15) is 18.2 Å². The molecule has 3 N–H and O–H groups in total. The maximum Gasteiger partial charge on any atom is 0.224 e. The number of carbonyl (C=O) groups excluding carboxylic acids is 1. The second kappa shape index (κ2) is 11.3. The monoisotopic (exact) mass is 498 g/mol. The molecule has 4 aromatic rings. The van der Waals surface area contributed by atoms with Gasteiger partial charge in [-0.15, -0.1) is 0 Å². The van der Waals surface area contributed by atoms with Crippen molar-refractivity contribution in [2.75, 3.05) is 24.3 Å². The van der Waals surface area contributed by atoms with E-state index >= 15 is 0 Å². The van der Waals surface area contributed by atoms with Crippen molar-refractivity contribution in [3.05, 3.63) is 78.1 Å². The first-order valence-corrected chi connectivity index (χ1v) is 12.9. The van der Waals surface area contributed by atoms with Crippen LogP contribution in [0.25, 0.3) is 10.9 Å². The highest BCUT2D eigenvalue weighted by Crippen LogP contribution is 2.26. The van der Waals surface area contributed by atoms with E-state index in [0.717, 1.165) is 59.3 Å².